The molecular formula is C35H41N3O5. The van der Waals surface area contributed by atoms with Crippen LogP contribution in [0, 0.1) is 17.8 Å². The van der Waals surface area contributed by atoms with E-state index in [9.17, 15) is 14.4 Å². The summed E-state index contributed by atoms with van der Waals surface area (Å²) in [5.41, 5.74) is -0.514. The summed E-state index contributed by atoms with van der Waals surface area (Å²) < 4.78 is 12.4. The molecule has 0 aromatic heterocycles. The number of ether oxygens (including phenoxy) is 2. The fraction of sp³-hybridized carbons (Fsp3) is 0.514. The van der Waals surface area contributed by atoms with E-state index in [0.717, 1.165) is 57.1 Å². The Hall–Kier alpha value is -3.65. The fourth-order valence-corrected chi connectivity index (χ4v) is 8.10. The van der Waals surface area contributed by atoms with Crippen LogP contribution < -0.4 is 15.4 Å². The highest BCUT2D eigenvalue weighted by Crippen LogP contribution is 2.56. The van der Waals surface area contributed by atoms with Crippen LogP contribution in [0.1, 0.15) is 64.7 Å². The van der Waals surface area contributed by atoms with Crippen molar-refractivity contribution in [3.05, 3.63) is 66.7 Å². The molecule has 4 fully saturated rings. The van der Waals surface area contributed by atoms with Gasteiger partial charge in [0.05, 0.1) is 17.9 Å². The van der Waals surface area contributed by atoms with Crippen molar-refractivity contribution < 1.29 is 23.9 Å². The molecule has 2 saturated heterocycles. The largest absolute Gasteiger partial charge is 0.457 e. The third-order valence-corrected chi connectivity index (χ3v) is 10.3. The minimum atomic E-state index is -1.13. The standard InChI is InChI=1S/C35H41N3O5/c1-22-12-16-25(17-13-22)38-31(33(40)37-23-8-4-2-5-9-23)35-21-20-28(43-35)29(30(35)34(38)41)32(39)36-24-14-18-27(19-15-24)42-26-10-6-3-7-11-26/h3,6-7,10-11,14-15,18-23,25,28-31H,2,4-5,8-9,12-13,16-17H2,1H3,(H,36,39)(H,37,40). The SMILES string of the molecule is CC1CCC(N2C(=O)C3C(C(=O)Nc4ccc(Oc5ccccc5)cc4)C4C=CC3(O4)C2C(=O)NC2CCCCC2)CC1. The predicted molar refractivity (Wildman–Crippen MR) is 162 cm³/mol. The number of carbonyl (C=O) groups excluding carboxylic acids is 3. The molecule has 5 aliphatic rings. The van der Waals surface area contributed by atoms with E-state index in [2.05, 4.69) is 17.6 Å². The first-order chi connectivity index (χ1) is 20.9. The molecule has 2 N–H and O–H groups in total. The lowest BCUT2D eigenvalue weighted by Gasteiger charge is -2.40. The predicted octanol–water partition coefficient (Wildman–Crippen LogP) is 5.60. The molecule has 5 atom stereocenters. The Kier molecular flexibility index (Phi) is 7.49. The van der Waals surface area contributed by atoms with Crippen molar-refractivity contribution in [1.82, 2.24) is 10.2 Å². The number of fused-ring (bicyclic) bond motifs is 1. The van der Waals surface area contributed by atoms with Gasteiger partial charge in [-0.2, -0.15) is 0 Å². The second-order valence-corrected chi connectivity index (χ2v) is 13.1. The van der Waals surface area contributed by atoms with Crippen LogP contribution in [0.2, 0.25) is 0 Å². The van der Waals surface area contributed by atoms with E-state index in [-0.39, 0.29) is 29.8 Å². The van der Waals surface area contributed by atoms with Gasteiger partial charge in [0, 0.05) is 17.8 Å². The first kappa shape index (κ1) is 28.1. The summed E-state index contributed by atoms with van der Waals surface area (Å²) in [7, 11) is 0. The second kappa shape index (κ2) is 11.5. The lowest BCUT2D eigenvalue weighted by molar-refractivity contribution is -0.145. The van der Waals surface area contributed by atoms with E-state index in [4.69, 9.17) is 9.47 Å². The van der Waals surface area contributed by atoms with Crippen molar-refractivity contribution in [2.45, 2.75) is 94.5 Å². The molecule has 0 radical (unpaired) electrons. The maximum Gasteiger partial charge on any atom is 0.246 e. The molecular weight excluding hydrogens is 542 g/mol. The van der Waals surface area contributed by atoms with Gasteiger partial charge >= 0.3 is 0 Å². The van der Waals surface area contributed by atoms with Crippen LogP contribution in [0.4, 0.5) is 5.69 Å². The number of nitrogens with zero attached hydrogens (tertiary/aromatic N) is 1. The molecule has 2 aromatic carbocycles. The van der Waals surface area contributed by atoms with Gasteiger partial charge in [0.2, 0.25) is 17.7 Å². The molecule has 7 rings (SSSR count). The molecule has 2 aliphatic carbocycles. The Bertz CT molecular complexity index is 1380. The minimum Gasteiger partial charge on any atom is -0.457 e. The number of rotatable bonds is 7. The average molecular weight is 584 g/mol. The van der Waals surface area contributed by atoms with Crippen LogP contribution in [-0.4, -0.2) is 52.5 Å². The molecule has 2 bridgehead atoms. The van der Waals surface area contributed by atoms with Gasteiger partial charge in [-0.1, -0.05) is 56.5 Å². The highest BCUT2D eigenvalue weighted by molar-refractivity contribution is 6.03. The second-order valence-electron chi connectivity index (χ2n) is 13.1. The van der Waals surface area contributed by atoms with Gasteiger partial charge in [-0.15, -0.1) is 0 Å². The number of para-hydroxylation sites is 1. The minimum absolute atomic E-state index is 0.0253. The smallest absolute Gasteiger partial charge is 0.246 e. The third kappa shape index (κ3) is 5.13. The fourth-order valence-electron chi connectivity index (χ4n) is 8.10. The number of hydrogen-bond donors (Lipinski definition) is 2. The average Bonchev–Trinajstić information content (AvgIpc) is 3.67. The van der Waals surface area contributed by atoms with Gasteiger partial charge in [-0.3, -0.25) is 14.4 Å². The van der Waals surface area contributed by atoms with Gasteiger partial charge in [-0.25, -0.2) is 0 Å². The van der Waals surface area contributed by atoms with E-state index < -0.39 is 29.6 Å². The van der Waals surface area contributed by atoms with Crippen molar-refractivity contribution in [2.24, 2.45) is 17.8 Å². The highest BCUT2D eigenvalue weighted by atomic mass is 16.5. The van der Waals surface area contributed by atoms with Crippen LogP contribution in [0.3, 0.4) is 0 Å². The van der Waals surface area contributed by atoms with E-state index in [1.807, 2.05) is 47.4 Å². The maximum absolute atomic E-state index is 14.4. The van der Waals surface area contributed by atoms with Gasteiger partial charge in [0.1, 0.15) is 23.1 Å². The molecule has 8 nitrogen and oxygen atoms in total. The summed E-state index contributed by atoms with van der Waals surface area (Å²) in [5.74, 6) is 0.0236. The number of anilines is 1. The Morgan fingerprint density at radius 3 is 2.30 bits per heavy atom. The topological polar surface area (TPSA) is 97.0 Å². The van der Waals surface area contributed by atoms with Crippen LogP contribution in [-0.2, 0) is 19.1 Å². The summed E-state index contributed by atoms with van der Waals surface area (Å²) >= 11 is 0. The Morgan fingerprint density at radius 1 is 0.884 bits per heavy atom. The zero-order valence-electron chi connectivity index (χ0n) is 24.7. The summed E-state index contributed by atoms with van der Waals surface area (Å²) in [5, 5.41) is 6.32. The van der Waals surface area contributed by atoms with Gasteiger partial charge in [-0.05, 0) is 80.8 Å². The molecule has 3 heterocycles. The van der Waals surface area contributed by atoms with E-state index >= 15 is 0 Å². The molecule has 43 heavy (non-hydrogen) atoms. The number of carbonyl (C=O) groups is 3. The lowest BCUT2D eigenvalue weighted by atomic mass is 9.74. The molecule has 1 spiro atoms. The van der Waals surface area contributed by atoms with Gasteiger partial charge in [0.15, 0.2) is 0 Å². The quantitative estimate of drug-likeness (QED) is 0.414. The number of likely N-dealkylation sites (tertiary alicyclic amines) is 1. The maximum atomic E-state index is 14.4. The number of hydrogen-bond acceptors (Lipinski definition) is 5. The van der Waals surface area contributed by atoms with Crippen molar-refractivity contribution in [2.75, 3.05) is 5.32 Å². The normalized spacial score (nSPS) is 33.3. The van der Waals surface area contributed by atoms with E-state index in [0.29, 0.717) is 17.4 Å². The number of nitrogens with one attached hydrogen (secondary N) is 2. The van der Waals surface area contributed by atoms with Gasteiger partial charge < -0.3 is 25.0 Å². The molecule has 8 heteroatoms. The van der Waals surface area contributed by atoms with Crippen LogP contribution in [0.5, 0.6) is 11.5 Å². The first-order valence-corrected chi connectivity index (χ1v) is 16.1. The summed E-state index contributed by atoms with van der Waals surface area (Å²) in [4.78, 5) is 44.2. The zero-order chi connectivity index (χ0) is 29.6. The summed E-state index contributed by atoms with van der Waals surface area (Å²) in [6, 6.07) is 16.0. The zero-order valence-corrected chi connectivity index (χ0v) is 24.7. The monoisotopic (exact) mass is 583 g/mol. The molecule has 226 valence electrons. The Labute approximate surface area is 253 Å². The number of benzene rings is 2. The van der Waals surface area contributed by atoms with E-state index in [1.165, 1.54) is 6.42 Å². The first-order valence-electron chi connectivity index (χ1n) is 16.1. The summed E-state index contributed by atoms with van der Waals surface area (Å²) in [6.07, 6.45) is 12.4. The molecule has 3 amide bonds. The third-order valence-electron chi connectivity index (χ3n) is 10.3. The van der Waals surface area contributed by atoms with Crippen LogP contribution in [0.15, 0.2) is 66.7 Å². The van der Waals surface area contributed by atoms with Crippen molar-refractivity contribution in [3.63, 3.8) is 0 Å². The van der Waals surface area contributed by atoms with Crippen LogP contribution >= 0.6 is 0 Å². The van der Waals surface area contributed by atoms with Crippen molar-refractivity contribution in [3.8, 4) is 11.5 Å². The van der Waals surface area contributed by atoms with Crippen LogP contribution in [0.25, 0.3) is 0 Å². The molecule has 2 saturated carbocycles. The molecule has 5 unspecified atom stereocenters. The Balaban J connectivity index is 1.12. The van der Waals surface area contributed by atoms with Crippen molar-refractivity contribution in [1.29, 1.82) is 0 Å². The summed E-state index contributed by atoms with van der Waals surface area (Å²) in [6.45, 7) is 2.25. The van der Waals surface area contributed by atoms with E-state index in [1.54, 1.807) is 24.3 Å². The van der Waals surface area contributed by atoms with Gasteiger partial charge in [0.25, 0.3) is 0 Å². The number of amides is 3. The lowest BCUT2D eigenvalue weighted by Crippen LogP contribution is -2.58. The highest BCUT2D eigenvalue weighted by Gasteiger charge is 2.73. The Morgan fingerprint density at radius 2 is 1.58 bits per heavy atom. The van der Waals surface area contributed by atoms with Crippen molar-refractivity contribution >= 4 is 23.4 Å². The molecule has 2 aromatic rings. The molecule has 3 aliphatic heterocycles.